The third-order valence-electron chi connectivity index (χ3n) is 2.38. The third kappa shape index (κ3) is 2.15. The lowest BCUT2D eigenvalue weighted by atomic mass is 10.1. The van der Waals surface area contributed by atoms with E-state index < -0.39 is 0 Å². The van der Waals surface area contributed by atoms with Crippen LogP contribution in [0.25, 0.3) is 0 Å². The van der Waals surface area contributed by atoms with Crippen molar-refractivity contribution in [1.82, 2.24) is 0 Å². The molecule has 1 aromatic carbocycles. The van der Waals surface area contributed by atoms with Crippen molar-refractivity contribution < 1.29 is 14.6 Å². The van der Waals surface area contributed by atoms with Gasteiger partial charge in [0.15, 0.2) is 0 Å². The van der Waals surface area contributed by atoms with E-state index in [4.69, 9.17) is 14.6 Å². The molecule has 0 bridgehead atoms. The summed E-state index contributed by atoms with van der Waals surface area (Å²) in [6, 6.07) is 3.72. The van der Waals surface area contributed by atoms with Gasteiger partial charge in [0, 0.05) is 12.6 Å². The van der Waals surface area contributed by atoms with Gasteiger partial charge in [-0.25, -0.2) is 0 Å². The minimum atomic E-state index is -0.0534. The number of hydrogen-bond acceptors (Lipinski definition) is 4. The van der Waals surface area contributed by atoms with Gasteiger partial charge in [-0.2, -0.15) is 0 Å². The van der Waals surface area contributed by atoms with Crippen LogP contribution >= 0.6 is 0 Å². The number of methoxy groups -OCH3 is 2. The fourth-order valence-corrected chi connectivity index (χ4v) is 1.51. The van der Waals surface area contributed by atoms with Gasteiger partial charge in [-0.1, -0.05) is 0 Å². The summed E-state index contributed by atoms with van der Waals surface area (Å²) in [4.78, 5) is 1.70. The molecule has 0 saturated heterocycles. The Morgan fingerprint density at radius 2 is 1.93 bits per heavy atom. The zero-order chi connectivity index (χ0) is 11.4. The third-order valence-corrected chi connectivity index (χ3v) is 2.38. The SMILES string of the molecule is COc1ccc(N(C)CO)c(OC)c1C. The fourth-order valence-electron chi connectivity index (χ4n) is 1.51. The lowest BCUT2D eigenvalue weighted by Crippen LogP contribution is -2.18. The van der Waals surface area contributed by atoms with E-state index >= 15 is 0 Å². The van der Waals surface area contributed by atoms with Crippen LogP contribution in [0, 0.1) is 6.92 Å². The maximum absolute atomic E-state index is 9.06. The molecule has 4 nitrogen and oxygen atoms in total. The lowest BCUT2D eigenvalue weighted by Gasteiger charge is -2.21. The highest BCUT2D eigenvalue weighted by Crippen LogP contribution is 2.36. The fraction of sp³-hybridized carbons (Fsp3) is 0.455. The molecular formula is C11H17NO3. The Morgan fingerprint density at radius 1 is 1.27 bits per heavy atom. The molecule has 0 atom stereocenters. The van der Waals surface area contributed by atoms with Gasteiger partial charge in [0.2, 0.25) is 0 Å². The Kier molecular flexibility index (Phi) is 3.80. The first-order valence-electron chi connectivity index (χ1n) is 4.69. The van der Waals surface area contributed by atoms with E-state index in [1.165, 1.54) is 0 Å². The number of anilines is 1. The molecule has 0 fully saturated rings. The van der Waals surface area contributed by atoms with Gasteiger partial charge in [0.1, 0.15) is 18.2 Å². The maximum atomic E-state index is 9.06. The molecule has 0 radical (unpaired) electrons. The number of hydrogen-bond donors (Lipinski definition) is 1. The Balaban J connectivity index is 3.24. The average Bonchev–Trinajstić information content (AvgIpc) is 2.27. The molecule has 84 valence electrons. The maximum Gasteiger partial charge on any atom is 0.148 e. The predicted molar refractivity (Wildman–Crippen MR) is 59.8 cm³/mol. The number of benzene rings is 1. The van der Waals surface area contributed by atoms with E-state index in [1.54, 1.807) is 26.2 Å². The molecule has 0 saturated carbocycles. The number of aliphatic hydroxyl groups excluding tert-OH is 1. The molecule has 0 unspecified atom stereocenters. The van der Waals surface area contributed by atoms with Crippen LogP contribution in [-0.2, 0) is 0 Å². The van der Waals surface area contributed by atoms with E-state index in [2.05, 4.69) is 0 Å². The van der Waals surface area contributed by atoms with Crippen LogP contribution < -0.4 is 14.4 Å². The van der Waals surface area contributed by atoms with Crippen molar-refractivity contribution in [2.45, 2.75) is 6.92 Å². The summed E-state index contributed by atoms with van der Waals surface area (Å²) in [6.07, 6.45) is 0. The first kappa shape index (κ1) is 11.7. The smallest absolute Gasteiger partial charge is 0.148 e. The van der Waals surface area contributed by atoms with E-state index in [0.29, 0.717) is 0 Å². The highest BCUT2D eigenvalue weighted by atomic mass is 16.5. The Morgan fingerprint density at radius 3 is 2.40 bits per heavy atom. The van der Waals surface area contributed by atoms with Crippen molar-refractivity contribution in [1.29, 1.82) is 0 Å². The molecule has 4 heteroatoms. The molecule has 0 aromatic heterocycles. The Labute approximate surface area is 90.0 Å². The van der Waals surface area contributed by atoms with Gasteiger partial charge in [0.05, 0.1) is 19.9 Å². The summed E-state index contributed by atoms with van der Waals surface area (Å²) >= 11 is 0. The van der Waals surface area contributed by atoms with Crippen LogP contribution in [0.1, 0.15) is 5.56 Å². The summed E-state index contributed by atoms with van der Waals surface area (Å²) in [5, 5.41) is 9.06. The van der Waals surface area contributed by atoms with Gasteiger partial charge >= 0.3 is 0 Å². The van der Waals surface area contributed by atoms with E-state index in [9.17, 15) is 0 Å². The van der Waals surface area contributed by atoms with Gasteiger partial charge in [-0.15, -0.1) is 0 Å². The first-order valence-corrected chi connectivity index (χ1v) is 4.69. The standard InChI is InChI=1S/C11H17NO3/c1-8-10(14-3)6-5-9(11(8)15-4)12(2)7-13/h5-6,13H,7H2,1-4H3. The Hall–Kier alpha value is -1.42. The lowest BCUT2D eigenvalue weighted by molar-refractivity contribution is 0.296. The first-order chi connectivity index (χ1) is 7.15. The van der Waals surface area contributed by atoms with Crippen molar-refractivity contribution in [3.8, 4) is 11.5 Å². The van der Waals surface area contributed by atoms with Crippen LogP contribution in [0.3, 0.4) is 0 Å². The van der Waals surface area contributed by atoms with E-state index in [1.807, 2.05) is 19.1 Å². The van der Waals surface area contributed by atoms with Crippen LogP contribution in [0.5, 0.6) is 11.5 Å². The van der Waals surface area contributed by atoms with Gasteiger partial charge < -0.3 is 19.5 Å². The predicted octanol–water partition coefficient (Wildman–Crippen LogP) is 1.40. The summed E-state index contributed by atoms with van der Waals surface area (Å²) in [7, 11) is 5.03. The van der Waals surface area contributed by atoms with Crippen molar-refractivity contribution in [3.05, 3.63) is 17.7 Å². The molecule has 1 rings (SSSR count). The van der Waals surface area contributed by atoms with Crippen LogP contribution in [0.4, 0.5) is 5.69 Å². The zero-order valence-corrected chi connectivity index (χ0v) is 9.57. The van der Waals surface area contributed by atoms with E-state index in [-0.39, 0.29) is 6.73 Å². The topological polar surface area (TPSA) is 41.9 Å². The number of aliphatic hydroxyl groups is 1. The van der Waals surface area contributed by atoms with Crippen molar-refractivity contribution in [2.24, 2.45) is 0 Å². The average molecular weight is 211 g/mol. The quantitative estimate of drug-likeness (QED) is 0.764. The van der Waals surface area contributed by atoms with Gasteiger partial charge in [-0.05, 0) is 19.1 Å². The van der Waals surface area contributed by atoms with Gasteiger partial charge in [0.25, 0.3) is 0 Å². The summed E-state index contributed by atoms with van der Waals surface area (Å²) < 4.78 is 10.5. The van der Waals surface area contributed by atoms with Gasteiger partial charge in [-0.3, -0.25) is 0 Å². The van der Waals surface area contributed by atoms with Crippen molar-refractivity contribution in [2.75, 3.05) is 32.9 Å². The number of ether oxygens (including phenoxy) is 2. The largest absolute Gasteiger partial charge is 0.496 e. The number of rotatable bonds is 4. The van der Waals surface area contributed by atoms with Crippen LogP contribution in [0.2, 0.25) is 0 Å². The molecule has 0 amide bonds. The molecule has 0 aliphatic carbocycles. The van der Waals surface area contributed by atoms with Crippen molar-refractivity contribution >= 4 is 5.69 Å². The minimum absolute atomic E-state index is 0.0534. The second kappa shape index (κ2) is 4.89. The Bertz CT molecular complexity index is 339. The normalized spacial score (nSPS) is 9.93. The van der Waals surface area contributed by atoms with Crippen LogP contribution in [0.15, 0.2) is 12.1 Å². The molecule has 0 aliphatic heterocycles. The number of nitrogens with zero attached hydrogens (tertiary/aromatic N) is 1. The molecule has 15 heavy (non-hydrogen) atoms. The van der Waals surface area contributed by atoms with Crippen molar-refractivity contribution in [3.63, 3.8) is 0 Å². The molecular weight excluding hydrogens is 194 g/mol. The molecule has 0 aliphatic rings. The molecule has 1 N–H and O–H groups in total. The molecule has 1 aromatic rings. The summed E-state index contributed by atoms with van der Waals surface area (Å²) in [5.74, 6) is 1.51. The summed E-state index contributed by atoms with van der Waals surface area (Å²) in [6.45, 7) is 1.87. The van der Waals surface area contributed by atoms with E-state index in [0.717, 1.165) is 22.7 Å². The molecule has 0 spiro atoms. The minimum Gasteiger partial charge on any atom is -0.496 e. The highest BCUT2D eigenvalue weighted by molar-refractivity contribution is 5.64. The molecule has 0 heterocycles. The summed E-state index contributed by atoms with van der Waals surface area (Å²) in [5.41, 5.74) is 1.77. The second-order valence-electron chi connectivity index (χ2n) is 3.28. The second-order valence-corrected chi connectivity index (χ2v) is 3.28. The monoisotopic (exact) mass is 211 g/mol. The van der Waals surface area contributed by atoms with Crippen LogP contribution in [-0.4, -0.2) is 33.1 Å². The highest BCUT2D eigenvalue weighted by Gasteiger charge is 2.13. The zero-order valence-electron chi connectivity index (χ0n) is 9.57.